The molecule has 2 aromatic heterocycles. The molecule has 0 radical (unpaired) electrons. The van der Waals surface area contributed by atoms with Crippen LogP contribution in [0.15, 0.2) is 33.4 Å². The average molecular weight is 381 g/mol. The van der Waals surface area contributed by atoms with Crippen LogP contribution in [0, 0.1) is 6.92 Å². The predicted molar refractivity (Wildman–Crippen MR) is 94.2 cm³/mol. The number of nitrogens with two attached hydrogens (primary N) is 1. The van der Waals surface area contributed by atoms with Crippen LogP contribution in [0.2, 0.25) is 0 Å². The van der Waals surface area contributed by atoms with Crippen LogP contribution >= 0.6 is 38.6 Å². The molecule has 3 N–H and O–H groups in total. The van der Waals surface area contributed by atoms with Crippen molar-refractivity contribution >= 4 is 60.3 Å². The average Bonchev–Trinajstić information content (AvgIpc) is 3.00. The van der Waals surface area contributed by atoms with Gasteiger partial charge in [-0.3, -0.25) is 4.79 Å². The molecule has 0 saturated heterocycles. The Morgan fingerprint density at radius 2 is 2.19 bits per heavy atom. The monoisotopic (exact) mass is 380 g/mol. The Labute approximate surface area is 138 Å². The smallest absolute Gasteiger partial charge is 0.263 e. The van der Waals surface area contributed by atoms with Crippen molar-refractivity contribution in [1.29, 1.82) is 0 Å². The third-order valence-corrected chi connectivity index (χ3v) is 5.87. The van der Waals surface area contributed by atoms with Crippen molar-refractivity contribution in [1.82, 2.24) is 5.32 Å². The maximum Gasteiger partial charge on any atom is 0.263 e. The zero-order chi connectivity index (χ0) is 15.0. The van der Waals surface area contributed by atoms with Gasteiger partial charge in [0.1, 0.15) is 4.88 Å². The van der Waals surface area contributed by atoms with Crippen LogP contribution in [0.1, 0.15) is 20.8 Å². The summed E-state index contributed by atoms with van der Waals surface area (Å²) in [5.74, 6) is -0.115. The van der Waals surface area contributed by atoms with E-state index in [1.807, 2.05) is 25.1 Å². The van der Waals surface area contributed by atoms with Crippen LogP contribution in [-0.4, -0.2) is 5.91 Å². The number of thiophene rings is 2. The van der Waals surface area contributed by atoms with Crippen molar-refractivity contribution in [2.75, 3.05) is 5.73 Å². The SMILES string of the molecule is Cc1cscc1CNC(=O)c1sc2cc(Br)ccc2c1N. The van der Waals surface area contributed by atoms with Crippen LogP contribution in [-0.2, 0) is 6.54 Å². The fourth-order valence-corrected chi connectivity index (χ4v) is 4.53. The van der Waals surface area contributed by atoms with Crippen LogP contribution < -0.4 is 11.1 Å². The Bertz CT molecular complexity index is 822. The molecule has 0 aliphatic rings. The summed E-state index contributed by atoms with van der Waals surface area (Å²) in [6, 6.07) is 5.85. The summed E-state index contributed by atoms with van der Waals surface area (Å²) in [5.41, 5.74) is 9.01. The number of anilines is 1. The molecule has 108 valence electrons. The quantitative estimate of drug-likeness (QED) is 0.700. The third-order valence-electron chi connectivity index (χ3n) is 3.30. The molecule has 3 aromatic rings. The van der Waals surface area contributed by atoms with E-state index >= 15 is 0 Å². The molecular formula is C15H13BrN2OS2. The summed E-state index contributed by atoms with van der Waals surface area (Å²) in [7, 11) is 0. The van der Waals surface area contributed by atoms with Gasteiger partial charge >= 0.3 is 0 Å². The molecule has 2 heterocycles. The highest BCUT2D eigenvalue weighted by atomic mass is 79.9. The Balaban J connectivity index is 1.84. The van der Waals surface area contributed by atoms with Gasteiger partial charge in [0.2, 0.25) is 0 Å². The summed E-state index contributed by atoms with van der Waals surface area (Å²) < 4.78 is 2.00. The molecule has 0 aliphatic carbocycles. The Morgan fingerprint density at radius 1 is 1.38 bits per heavy atom. The van der Waals surface area contributed by atoms with Crippen molar-refractivity contribution < 1.29 is 4.79 Å². The highest BCUT2D eigenvalue weighted by molar-refractivity contribution is 9.10. The first-order chi connectivity index (χ1) is 10.1. The van der Waals surface area contributed by atoms with E-state index in [9.17, 15) is 4.79 Å². The highest BCUT2D eigenvalue weighted by Crippen LogP contribution is 2.35. The van der Waals surface area contributed by atoms with Crippen molar-refractivity contribution in [3.8, 4) is 0 Å². The molecule has 3 nitrogen and oxygen atoms in total. The highest BCUT2D eigenvalue weighted by Gasteiger charge is 2.16. The van der Waals surface area contributed by atoms with Gasteiger partial charge < -0.3 is 11.1 Å². The minimum Gasteiger partial charge on any atom is -0.397 e. The zero-order valence-corrected chi connectivity index (χ0v) is 14.5. The summed E-state index contributed by atoms with van der Waals surface area (Å²) >= 11 is 6.50. The number of rotatable bonds is 3. The van der Waals surface area contributed by atoms with Gasteiger partial charge in [-0.1, -0.05) is 22.0 Å². The van der Waals surface area contributed by atoms with E-state index in [0.29, 0.717) is 17.1 Å². The molecule has 21 heavy (non-hydrogen) atoms. The number of carbonyl (C=O) groups excluding carboxylic acids is 1. The molecule has 1 aromatic carbocycles. The van der Waals surface area contributed by atoms with Crippen LogP contribution in [0.3, 0.4) is 0 Å². The summed E-state index contributed by atoms with van der Waals surface area (Å²) in [4.78, 5) is 12.9. The summed E-state index contributed by atoms with van der Waals surface area (Å²) in [5, 5.41) is 8.01. The fourth-order valence-electron chi connectivity index (χ4n) is 2.08. The second-order valence-corrected chi connectivity index (χ2v) is 7.46. The van der Waals surface area contributed by atoms with Crippen molar-refractivity contribution in [2.45, 2.75) is 13.5 Å². The van der Waals surface area contributed by atoms with E-state index in [4.69, 9.17) is 5.73 Å². The molecule has 3 rings (SSSR count). The van der Waals surface area contributed by atoms with Gasteiger partial charge in [-0.2, -0.15) is 11.3 Å². The first-order valence-corrected chi connectivity index (χ1v) is 8.89. The number of aryl methyl sites for hydroxylation is 1. The Hall–Kier alpha value is -1.37. The van der Waals surface area contributed by atoms with E-state index in [0.717, 1.165) is 20.1 Å². The number of fused-ring (bicyclic) bond motifs is 1. The Morgan fingerprint density at radius 3 is 2.90 bits per heavy atom. The van der Waals surface area contributed by atoms with E-state index in [1.165, 1.54) is 16.9 Å². The van der Waals surface area contributed by atoms with Gasteiger partial charge in [-0.05, 0) is 40.9 Å². The number of hydrogen-bond donors (Lipinski definition) is 2. The van der Waals surface area contributed by atoms with Crippen molar-refractivity contribution in [2.24, 2.45) is 0 Å². The second-order valence-electron chi connectivity index (χ2n) is 4.75. The molecule has 0 atom stereocenters. The number of amides is 1. The predicted octanol–water partition coefficient (Wildman–Crippen LogP) is 4.55. The maximum absolute atomic E-state index is 12.3. The maximum atomic E-state index is 12.3. The van der Waals surface area contributed by atoms with Crippen molar-refractivity contribution in [3.63, 3.8) is 0 Å². The number of benzene rings is 1. The number of halogens is 1. The first kappa shape index (κ1) is 14.6. The van der Waals surface area contributed by atoms with E-state index < -0.39 is 0 Å². The minimum atomic E-state index is -0.115. The molecule has 0 spiro atoms. The van der Waals surface area contributed by atoms with E-state index in [-0.39, 0.29) is 5.91 Å². The standard InChI is InChI=1S/C15H13BrN2OS2/c1-8-6-20-7-9(8)5-18-15(19)14-13(17)11-3-2-10(16)4-12(11)21-14/h2-4,6-7H,5,17H2,1H3,(H,18,19). The lowest BCUT2D eigenvalue weighted by molar-refractivity contribution is 0.0956. The van der Waals surface area contributed by atoms with E-state index in [1.54, 1.807) is 11.3 Å². The molecule has 0 fully saturated rings. The second kappa shape index (κ2) is 5.79. The van der Waals surface area contributed by atoms with Gasteiger partial charge in [0.15, 0.2) is 0 Å². The molecule has 6 heteroatoms. The molecule has 0 unspecified atom stereocenters. The lowest BCUT2D eigenvalue weighted by Crippen LogP contribution is -2.22. The van der Waals surface area contributed by atoms with Gasteiger partial charge in [0, 0.05) is 21.1 Å². The van der Waals surface area contributed by atoms with Gasteiger partial charge in [0.25, 0.3) is 5.91 Å². The molecule has 0 aliphatic heterocycles. The first-order valence-electron chi connectivity index (χ1n) is 6.33. The van der Waals surface area contributed by atoms with Gasteiger partial charge in [0.05, 0.1) is 5.69 Å². The molecule has 0 saturated carbocycles. The fraction of sp³-hybridized carbons (Fsp3) is 0.133. The Kier molecular flexibility index (Phi) is 4.01. The number of nitrogen functional groups attached to an aromatic ring is 1. The number of nitrogens with one attached hydrogen (secondary N) is 1. The normalized spacial score (nSPS) is 11.0. The molecular weight excluding hydrogens is 368 g/mol. The largest absolute Gasteiger partial charge is 0.397 e. The molecule has 1 amide bonds. The molecule has 0 bridgehead atoms. The van der Waals surface area contributed by atoms with Crippen LogP contribution in [0.5, 0.6) is 0 Å². The van der Waals surface area contributed by atoms with Crippen LogP contribution in [0.4, 0.5) is 5.69 Å². The number of hydrogen-bond acceptors (Lipinski definition) is 4. The topological polar surface area (TPSA) is 55.1 Å². The van der Waals surface area contributed by atoms with Crippen molar-refractivity contribution in [3.05, 3.63) is 49.4 Å². The summed E-state index contributed by atoms with van der Waals surface area (Å²) in [6.07, 6.45) is 0. The number of carbonyl (C=O) groups is 1. The minimum absolute atomic E-state index is 0.115. The van der Waals surface area contributed by atoms with Gasteiger partial charge in [-0.15, -0.1) is 11.3 Å². The lowest BCUT2D eigenvalue weighted by Gasteiger charge is -2.04. The lowest BCUT2D eigenvalue weighted by atomic mass is 10.2. The van der Waals surface area contributed by atoms with Crippen LogP contribution in [0.25, 0.3) is 10.1 Å². The van der Waals surface area contributed by atoms with Gasteiger partial charge in [-0.25, -0.2) is 0 Å². The summed E-state index contributed by atoms with van der Waals surface area (Å²) in [6.45, 7) is 2.58. The zero-order valence-electron chi connectivity index (χ0n) is 11.3. The third kappa shape index (κ3) is 2.84. The van der Waals surface area contributed by atoms with E-state index in [2.05, 4.69) is 32.0 Å².